The number of aryl methyl sites for hydroxylation is 1. The molecule has 1 aliphatic rings. The van der Waals surface area contributed by atoms with Crippen LogP contribution in [0.25, 0.3) is 10.8 Å². The molecule has 3 aromatic carbocycles. The Kier molecular flexibility index (Phi) is 11.8. The molecule has 0 unspecified atom stereocenters. The van der Waals surface area contributed by atoms with E-state index in [1.165, 1.54) is 4.31 Å². The molecule has 47 heavy (non-hydrogen) atoms. The van der Waals surface area contributed by atoms with Gasteiger partial charge in [-0.2, -0.15) is 4.31 Å². The molecule has 0 aromatic heterocycles. The first kappa shape index (κ1) is 35.2. The van der Waals surface area contributed by atoms with Gasteiger partial charge in [0.25, 0.3) is 0 Å². The zero-order valence-electron chi connectivity index (χ0n) is 26.6. The van der Waals surface area contributed by atoms with Crippen LogP contribution in [0.5, 0.6) is 0 Å². The minimum atomic E-state index is -4.12. The second-order valence-electron chi connectivity index (χ2n) is 11.7. The molecule has 0 spiro atoms. The monoisotopic (exact) mass is 665 g/mol. The summed E-state index contributed by atoms with van der Waals surface area (Å²) < 4.78 is 29.5. The van der Waals surface area contributed by atoms with Gasteiger partial charge in [-0.25, -0.2) is 13.2 Å². The van der Waals surface area contributed by atoms with Crippen LogP contribution < -0.4 is 27.0 Å². The summed E-state index contributed by atoms with van der Waals surface area (Å²) in [4.78, 5) is 45.1. The van der Waals surface area contributed by atoms with Crippen LogP contribution in [0, 0.1) is 0 Å². The van der Waals surface area contributed by atoms with Crippen molar-refractivity contribution in [2.45, 2.75) is 61.5 Å². The molecule has 0 saturated carbocycles. The van der Waals surface area contributed by atoms with Crippen LogP contribution in [0.4, 0.5) is 5.69 Å². The average Bonchev–Trinajstić information content (AvgIpc) is 3.55. The molecule has 1 fully saturated rings. The number of nitrogens with zero attached hydrogens (tertiary/aromatic N) is 3. The minimum absolute atomic E-state index is 0.0619. The summed E-state index contributed by atoms with van der Waals surface area (Å²) >= 11 is 0. The highest BCUT2D eigenvalue weighted by Gasteiger charge is 2.41. The van der Waals surface area contributed by atoms with Crippen molar-refractivity contribution in [2.24, 2.45) is 16.5 Å². The first-order chi connectivity index (χ1) is 22.4. The van der Waals surface area contributed by atoms with Crippen LogP contribution in [0.15, 0.2) is 76.6 Å². The topological polar surface area (TPSA) is 201 Å². The molecule has 2 amide bonds. The number of guanidine groups is 1. The summed E-state index contributed by atoms with van der Waals surface area (Å²) in [6.07, 6.45) is 1.68. The fraction of sp³-hybridized carbons (Fsp3) is 0.394. The maximum Gasteiger partial charge on any atom is 0.326 e. The van der Waals surface area contributed by atoms with Crippen molar-refractivity contribution >= 4 is 50.2 Å². The number of nitrogens with two attached hydrogens (primary N) is 2. The highest BCUT2D eigenvalue weighted by atomic mass is 32.2. The van der Waals surface area contributed by atoms with Crippen LogP contribution in [0.2, 0.25) is 0 Å². The number of carboxylic acid groups (broad SMARTS) is 1. The third-order valence-corrected chi connectivity index (χ3v) is 10.2. The number of anilines is 1. The van der Waals surface area contributed by atoms with Gasteiger partial charge in [-0.15, -0.1) is 0 Å². The zero-order chi connectivity index (χ0) is 34.1. The Balaban J connectivity index is 1.56. The fourth-order valence-electron chi connectivity index (χ4n) is 5.82. The molecule has 3 aromatic rings. The average molecular weight is 666 g/mol. The predicted molar refractivity (Wildman–Crippen MR) is 181 cm³/mol. The maximum atomic E-state index is 14.1. The van der Waals surface area contributed by atoms with E-state index in [4.69, 9.17) is 11.5 Å². The van der Waals surface area contributed by atoms with Gasteiger partial charge in [0.1, 0.15) is 18.1 Å². The SMILES string of the molecule is CN(C)c1cccc2c(S(=O)(=O)N3CCC[C@H]3C(=O)N[C@@H](CCc3ccccc3)C(=O)N[C@@H](CCCN=C(N)N)C(=O)O)cccc12. The molecule has 0 bridgehead atoms. The third kappa shape index (κ3) is 8.77. The van der Waals surface area contributed by atoms with E-state index in [0.717, 1.165) is 16.6 Å². The molecule has 1 heterocycles. The van der Waals surface area contributed by atoms with Gasteiger partial charge in [-0.3, -0.25) is 14.6 Å². The lowest BCUT2D eigenvalue weighted by atomic mass is 10.0. The van der Waals surface area contributed by atoms with E-state index in [2.05, 4.69) is 15.6 Å². The third-order valence-electron chi connectivity index (χ3n) is 8.19. The first-order valence-electron chi connectivity index (χ1n) is 15.5. The van der Waals surface area contributed by atoms with Crippen molar-refractivity contribution in [3.8, 4) is 0 Å². The number of nitrogens with one attached hydrogen (secondary N) is 2. The highest BCUT2D eigenvalue weighted by Crippen LogP contribution is 2.34. The van der Waals surface area contributed by atoms with Gasteiger partial charge in [0, 0.05) is 43.6 Å². The van der Waals surface area contributed by atoms with Gasteiger partial charge >= 0.3 is 5.97 Å². The Bertz CT molecular complexity index is 1710. The lowest BCUT2D eigenvalue weighted by Crippen LogP contribution is -2.55. The molecule has 14 heteroatoms. The smallest absolute Gasteiger partial charge is 0.326 e. The summed E-state index contributed by atoms with van der Waals surface area (Å²) in [5.74, 6) is -2.66. The summed E-state index contributed by atoms with van der Waals surface area (Å²) in [5, 5.41) is 16.4. The zero-order valence-corrected chi connectivity index (χ0v) is 27.4. The number of aliphatic carboxylic acids is 1. The van der Waals surface area contributed by atoms with Crippen molar-refractivity contribution in [3.05, 3.63) is 72.3 Å². The van der Waals surface area contributed by atoms with Crippen molar-refractivity contribution in [3.63, 3.8) is 0 Å². The molecular weight excluding hydrogens is 622 g/mol. The molecule has 0 aliphatic carbocycles. The maximum absolute atomic E-state index is 14.1. The van der Waals surface area contributed by atoms with Crippen LogP contribution in [0.3, 0.4) is 0 Å². The lowest BCUT2D eigenvalue weighted by molar-refractivity contribution is -0.142. The van der Waals surface area contributed by atoms with E-state index in [1.54, 1.807) is 24.3 Å². The van der Waals surface area contributed by atoms with E-state index in [9.17, 15) is 27.9 Å². The molecule has 252 valence electrons. The molecule has 4 rings (SSSR count). The second-order valence-corrected chi connectivity index (χ2v) is 13.6. The van der Waals surface area contributed by atoms with Crippen LogP contribution in [-0.2, 0) is 30.8 Å². The fourth-order valence-corrected chi connectivity index (χ4v) is 7.69. The number of carbonyl (C=O) groups excluding carboxylic acids is 2. The van der Waals surface area contributed by atoms with Gasteiger partial charge < -0.3 is 32.1 Å². The largest absolute Gasteiger partial charge is 0.480 e. The Hall–Kier alpha value is -4.69. The number of fused-ring (bicyclic) bond motifs is 1. The molecule has 3 atom stereocenters. The normalized spacial score (nSPS) is 16.3. The van der Waals surface area contributed by atoms with E-state index in [-0.39, 0.29) is 43.2 Å². The molecule has 7 N–H and O–H groups in total. The number of benzene rings is 3. The first-order valence-corrected chi connectivity index (χ1v) is 17.0. The van der Waals surface area contributed by atoms with E-state index in [0.29, 0.717) is 24.6 Å². The van der Waals surface area contributed by atoms with E-state index >= 15 is 0 Å². The molecular formula is C33H43N7O6S. The van der Waals surface area contributed by atoms with Crippen LogP contribution >= 0.6 is 0 Å². The van der Waals surface area contributed by atoms with Crippen LogP contribution in [0.1, 0.15) is 37.7 Å². The van der Waals surface area contributed by atoms with Crippen molar-refractivity contribution in [1.82, 2.24) is 14.9 Å². The van der Waals surface area contributed by atoms with Crippen molar-refractivity contribution < 1.29 is 27.9 Å². The van der Waals surface area contributed by atoms with Gasteiger partial charge in [-0.05, 0) is 56.2 Å². The Morgan fingerprint density at radius 1 is 0.957 bits per heavy atom. The molecule has 13 nitrogen and oxygen atoms in total. The number of hydrogen-bond donors (Lipinski definition) is 5. The quantitative estimate of drug-likeness (QED) is 0.0912. The minimum Gasteiger partial charge on any atom is -0.480 e. The van der Waals surface area contributed by atoms with Crippen molar-refractivity contribution in [2.75, 3.05) is 32.1 Å². The lowest BCUT2D eigenvalue weighted by Gasteiger charge is -2.27. The summed E-state index contributed by atoms with van der Waals surface area (Å²) in [6.45, 7) is 0.331. The van der Waals surface area contributed by atoms with Gasteiger partial charge in [0.15, 0.2) is 5.96 Å². The molecule has 1 saturated heterocycles. The summed E-state index contributed by atoms with van der Waals surface area (Å²) in [5.41, 5.74) is 12.5. The number of rotatable bonds is 15. The standard InChI is InChI=1S/C33H43N7O6S/c1-39(2)27-15-6-13-24-23(27)12-7-17-29(24)47(45,46)40-21-9-16-28(40)31(42)37-25(19-18-22-10-4-3-5-11-22)30(41)38-26(32(43)44)14-8-20-36-33(34)35/h3-7,10-13,15,17,25-26,28H,8-9,14,16,18-21H2,1-2H3,(H,37,42)(H,38,41)(H,43,44)(H4,34,35,36)/t25-,26-,28-/m0/s1. The number of carboxylic acids is 1. The number of aliphatic imine (C=N–C) groups is 1. The number of carbonyl (C=O) groups is 3. The molecule has 1 aliphatic heterocycles. The van der Waals surface area contributed by atoms with Gasteiger partial charge in [-0.1, -0.05) is 54.6 Å². The van der Waals surface area contributed by atoms with E-state index < -0.39 is 45.9 Å². The predicted octanol–water partition coefficient (Wildman–Crippen LogP) is 1.80. The number of hydrogen-bond acceptors (Lipinski definition) is 7. The van der Waals surface area contributed by atoms with Crippen molar-refractivity contribution in [1.29, 1.82) is 0 Å². The Labute approximate surface area is 275 Å². The summed E-state index contributed by atoms with van der Waals surface area (Å²) in [6, 6.07) is 16.5. The highest BCUT2D eigenvalue weighted by molar-refractivity contribution is 7.89. The van der Waals surface area contributed by atoms with Gasteiger partial charge in [0.05, 0.1) is 4.90 Å². The van der Waals surface area contributed by atoms with E-state index in [1.807, 2.05) is 61.5 Å². The van der Waals surface area contributed by atoms with Crippen LogP contribution in [-0.4, -0.2) is 86.9 Å². The summed E-state index contributed by atoms with van der Waals surface area (Å²) in [7, 11) is -0.352. The van der Waals surface area contributed by atoms with Gasteiger partial charge in [0.2, 0.25) is 21.8 Å². The number of amides is 2. The molecule has 0 radical (unpaired) electrons. The number of sulfonamides is 1. The Morgan fingerprint density at radius 3 is 2.34 bits per heavy atom. The second kappa shape index (κ2) is 15.7. The Morgan fingerprint density at radius 2 is 1.66 bits per heavy atom.